The van der Waals surface area contributed by atoms with Gasteiger partial charge in [-0.25, -0.2) is 0 Å². The van der Waals surface area contributed by atoms with Gasteiger partial charge in [0.1, 0.15) is 0 Å². The Kier molecular flexibility index (Phi) is 3.27. The summed E-state index contributed by atoms with van der Waals surface area (Å²) in [7, 11) is 0. The number of aromatic nitrogens is 1. The van der Waals surface area contributed by atoms with Crippen LogP contribution in [0.3, 0.4) is 0 Å². The summed E-state index contributed by atoms with van der Waals surface area (Å²) in [5.74, 6) is 0.663. The third kappa shape index (κ3) is 2.81. The summed E-state index contributed by atoms with van der Waals surface area (Å²) in [5.41, 5.74) is 2.16. The first kappa shape index (κ1) is 11.9. The van der Waals surface area contributed by atoms with Crippen molar-refractivity contribution in [3.63, 3.8) is 0 Å². The second-order valence-electron chi connectivity index (χ2n) is 4.90. The van der Waals surface area contributed by atoms with E-state index in [-0.39, 0.29) is 11.8 Å². The molecule has 0 bridgehead atoms. The zero-order chi connectivity index (χ0) is 13.1. The van der Waals surface area contributed by atoms with Gasteiger partial charge in [-0.05, 0) is 30.0 Å². The van der Waals surface area contributed by atoms with Crippen molar-refractivity contribution in [1.82, 2.24) is 10.3 Å². The molecule has 2 atom stereocenters. The van der Waals surface area contributed by atoms with Gasteiger partial charge >= 0.3 is 0 Å². The molecule has 19 heavy (non-hydrogen) atoms. The summed E-state index contributed by atoms with van der Waals surface area (Å²) in [4.78, 5) is 16.2. The smallest absolute Gasteiger partial charge is 0.224 e. The summed E-state index contributed by atoms with van der Waals surface area (Å²) in [6, 6.07) is 16.0. The number of carbonyl (C=O) groups is 1. The molecule has 3 rings (SSSR count). The SMILES string of the molecule is O=C(NCc1ccccn1)C1CC1c1ccccc1. The Morgan fingerprint density at radius 2 is 1.95 bits per heavy atom. The lowest BCUT2D eigenvalue weighted by molar-refractivity contribution is -0.122. The number of amides is 1. The number of benzene rings is 1. The maximum Gasteiger partial charge on any atom is 0.224 e. The molecule has 3 heteroatoms. The molecule has 1 fully saturated rings. The molecule has 1 aliphatic rings. The van der Waals surface area contributed by atoms with Crippen LogP contribution in [0.25, 0.3) is 0 Å². The van der Waals surface area contributed by atoms with E-state index in [1.54, 1.807) is 6.20 Å². The van der Waals surface area contributed by atoms with E-state index in [9.17, 15) is 4.79 Å². The zero-order valence-electron chi connectivity index (χ0n) is 10.6. The first-order valence-electron chi connectivity index (χ1n) is 6.57. The Labute approximate surface area is 112 Å². The van der Waals surface area contributed by atoms with Gasteiger partial charge < -0.3 is 5.32 Å². The van der Waals surface area contributed by atoms with Crippen molar-refractivity contribution in [2.45, 2.75) is 18.9 Å². The average Bonchev–Trinajstić information content (AvgIpc) is 3.27. The van der Waals surface area contributed by atoms with E-state index in [4.69, 9.17) is 0 Å². The third-order valence-electron chi connectivity index (χ3n) is 3.52. The molecule has 1 N–H and O–H groups in total. The van der Waals surface area contributed by atoms with Gasteiger partial charge in [0.25, 0.3) is 0 Å². The van der Waals surface area contributed by atoms with Crippen molar-refractivity contribution >= 4 is 5.91 Å². The summed E-state index contributed by atoms with van der Waals surface area (Å²) in [5, 5.41) is 2.96. The van der Waals surface area contributed by atoms with Crippen LogP contribution >= 0.6 is 0 Å². The molecule has 0 spiro atoms. The number of pyridine rings is 1. The number of rotatable bonds is 4. The van der Waals surface area contributed by atoms with Gasteiger partial charge in [0.2, 0.25) is 5.91 Å². The molecule has 96 valence electrons. The lowest BCUT2D eigenvalue weighted by atomic mass is 10.1. The largest absolute Gasteiger partial charge is 0.350 e. The second-order valence-corrected chi connectivity index (χ2v) is 4.90. The van der Waals surface area contributed by atoms with Crippen LogP contribution in [-0.4, -0.2) is 10.9 Å². The minimum absolute atomic E-state index is 0.131. The zero-order valence-corrected chi connectivity index (χ0v) is 10.6. The normalized spacial score (nSPS) is 20.8. The maximum absolute atomic E-state index is 12.0. The minimum atomic E-state index is 0.131. The molecule has 3 nitrogen and oxygen atoms in total. The highest BCUT2D eigenvalue weighted by molar-refractivity contribution is 5.82. The van der Waals surface area contributed by atoms with Crippen LogP contribution in [-0.2, 0) is 11.3 Å². The Bertz CT molecular complexity index is 553. The van der Waals surface area contributed by atoms with Gasteiger partial charge in [0.15, 0.2) is 0 Å². The van der Waals surface area contributed by atoms with Crippen LogP contribution in [0.15, 0.2) is 54.7 Å². The second kappa shape index (κ2) is 5.22. The van der Waals surface area contributed by atoms with Crippen molar-refractivity contribution in [1.29, 1.82) is 0 Å². The lowest BCUT2D eigenvalue weighted by Crippen LogP contribution is -2.25. The third-order valence-corrected chi connectivity index (χ3v) is 3.52. The topological polar surface area (TPSA) is 42.0 Å². The van der Waals surface area contributed by atoms with Crippen molar-refractivity contribution in [3.05, 3.63) is 66.0 Å². The molecule has 0 aliphatic heterocycles. The predicted octanol–water partition coefficient (Wildman–Crippen LogP) is 2.50. The van der Waals surface area contributed by atoms with Crippen LogP contribution in [0.5, 0.6) is 0 Å². The molecule has 1 aromatic carbocycles. The summed E-state index contributed by atoms with van der Waals surface area (Å²) < 4.78 is 0. The van der Waals surface area contributed by atoms with Gasteiger partial charge in [-0.1, -0.05) is 36.4 Å². The van der Waals surface area contributed by atoms with Gasteiger partial charge in [-0.15, -0.1) is 0 Å². The fourth-order valence-electron chi connectivity index (χ4n) is 2.36. The van der Waals surface area contributed by atoms with Crippen LogP contribution in [0, 0.1) is 5.92 Å². The van der Waals surface area contributed by atoms with E-state index in [0.717, 1.165) is 12.1 Å². The fraction of sp³-hybridized carbons (Fsp3) is 0.250. The first-order valence-corrected chi connectivity index (χ1v) is 6.57. The summed E-state index contributed by atoms with van der Waals surface area (Å²) in [6.45, 7) is 0.512. The highest BCUT2D eigenvalue weighted by Gasteiger charge is 2.43. The number of nitrogens with zero attached hydrogens (tertiary/aromatic N) is 1. The van der Waals surface area contributed by atoms with E-state index in [1.807, 2.05) is 36.4 Å². The number of carbonyl (C=O) groups excluding carboxylic acids is 1. The van der Waals surface area contributed by atoms with E-state index in [1.165, 1.54) is 5.56 Å². The molecule has 2 aromatic rings. The summed E-state index contributed by atoms with van der Waals surface area (Å²) >= 11 is 0. The number of hydrogen-bond donors (Lipinski definition) is 1. The van der Waals surface area contributed by atoms with Crippen LogP contribution in [0.2, 0.25) is 0 Å². The Hall–Kier alpha value is -2.16. The Balaban J connectivity index is 1.53. The van der Waals surface area contributed by atoms with E-state index >= 15 is 0 Å². The van der Waals surface area contributed by atoms with Gasteiger partial charge in [-0.2, -0.15) is 0 Å². The minimum Gasteiger partial charge on any atom is -0.350 e. The van der Waals surface area contributed by atoms with Gasteiger partial charge in [-0.3, -0.25) is 9.78 Å². The van der Waals surface area contributed by atoms with Crippen molar-refractivity contribution < 1.29 is 4.79 Å². The van der Waals surface area contributed by atoms with E-state index in [0.29, 0.717) is 12.5 Å². The fourth-order valence-corrected chi connectivity index (χ4v) is 2.36. The number of nitrogens with one attached hydrogen (secondary N) is 1. The van der Waals surface area contributed by atoms with Crippen molar-refractivity contribution in [2.24, 2.45) is 5.92 Å². The molecule has 0 radical (unpaired) electrons. The predicted molar refractivity (Wildman–Crippen MR) is 73.4 cm³/mol. The van der Waals surface area contributed by atoms with Gasteiger partial charge in [0, 0.05) is 12.1 Å². The average molecular weight is 252 g/mol. The van der Waals surface area contributed by atoms with Crippen LogP contribution in [0.4, 0.5) is 0 Å². The molecule has 2 unspecified atom stereocenters. The Morgan fingerprint density at radius 1 is 1.16 bits per heavy atom. The standard InChI is InChI=1S/C16H16N2O/c19-16(18-11-13-8-4-5-9-17-13)15-10-14(15)12-6-2-1-3-7-12/h1-9,14-15H,10-11H2,(H,18,19). The van der Waals surface area contributed by atoms with E-state index < -0.39 is 0 Å². The van der Waals surface area contributed by atoms with Gasteiger partial charge in [0.05, 0.1) is 12.2 Å². The van der Waals surface area contributed by atoms with Crippen LogP contribution in [0.1, 0.15) is 23.6 Å². The number of hydrogen-bond acceptors (Lipinski definition) is 2. The molecule has 0 saturated heterocycles. The van der Waals surface area contributed by atoms with Crippen molar-refractivity contribution in [3.8, 4) is 0 Å². The lowest BCUT2D eigenvalue weighted by Gasteiger charge is -2.04. The maximum atomic E-state index is 12.0. The highest BCUT2D eigenvalue weighted by atomic mass is 16.2. The first-order chi connectivity index (χ1) is 9.34. The highest BCUT2D eigenvalue weighted by Crippen LogP contribution is 2.47. The molecular weight excluding hydrogens is 236 g/mol. The molecular formula is C16H16N2O. The molecule has 1 aliphatic carbocycles. The quantitative estimate of drug-likeness (QED) is 0.908. The summed E-state index contributed by atoms with van der Waals surface area (Å²) in [6.07, 6.45) is 2.70. The molecule has 1 aromatic heterocycles. The van der Waals surface area contributed by atoms with Crippen molar-refractivity contribution in [2.75, 3.05) is 0 Å². The monoisotopic (exact) mass is 252 g/mol. The molecule has 1 heterocycles. The van der Waals surface area contributed by atoms with Crippen LogP contribution < -0.4 is 5.32 Å². The van der Waals surface area contributed by atoms with E-state index in [2.05, 4.69) is 22.4 Å². The Morgan fingerprint density at radius 3 is 2.68 bits per heavy atom. The molecule has 1 amide bonds. The molecule has 1 saturated carbocycles.